The Balaban J connectivity index is 1.98. The van der Waals surface area contributed by atoms with Crippen LogP contribution >= 0.6 is 0 Å². The third-order valence-electron chi connectivity index (χ3n) is 4.30. The van der Waals surface area contributed by atoms with Crippen molar-refractivity contribution in [2.75, 3.05) is 12.4 Å². The van der Waals surface area contributed by atoms with Crippen molar-refractivity contribution in [3.63, 3.8) is 0 Å². The second-order valence-electron chi connectivity index (χ2n) is 6.43. The molecule has 8 heteroatoms. The van der Waals surface area contributed by atoms with E-state index in [1.807, 2.05) is 26.0 Å². The molecule has 0 unspecified atom stereocenters. The molecule has 1 heterocycles. The fraction of sp³-hybridized carbons (Fsp3) is 0.200. The molecule has 5 nitrogen and oxygen atoms in total. The molecule has 0 aliphatic carbocycles. The maximum Gasteiger partial charge on any atom is 0.573 e. The van der Waals surface area contributed by atoms with E-state index in [0.717, 1.165) is 28.2 Å². The van der Waals surface area contributed by atoms with Crippen LogP contribution in [0.2, 0.25) is 0 Å². The van der Waals surface area contributed by atoms with E-state index in [4.69, 9.17) is 0 Å². The van der Waals surface area contributed by atoms with Crippen molar-refractivity contribution >= 4 is 23.1 Å². The average molecular weight is 390 g/mol. The van der Waals surface area contributed by atoms with Gasteiger partial charge in [-0.3, -0.25) is 14.5 Å². The smallest absolute Gasteiger partial charge is 0.406 e. The van der Waals surface area contributed by atoms with Crippen molar-refractivity contribution in [2.45, 2.75) is 20.2 Å². The summed E-state index contributed by atoms with van der Waals surface area (Å²) in [5.74, 6) is -1.35. The number of hydrogen-bond acceptors (Lipinski definition) is 4. The lowest BCUT2D eigenvalue weighted by Crippen LogP contribution is -2.28. The molecule has 3 rings (SSSR count). The second-order valence-corrected chi connectivity index (χ2v) is 6.43. The SMILES string of the molecule is Cc1ccc(C2=C(Nc3ccc(OC(F)(F)F)cc3)C(=O)N(C)C2=O)c(C)c1. The lowest BCUT2D eigenvalue weighted by Gasteiger charge is -2.12. The standard InChI is InChI=1S/C20H17F3N2O3/c1-11-4-9-15(12(2)10-11)16-17(19(27)25(3)18(16)26)24-13-5-7-14(8-6-13)28-20(21,22)23/h4-10,24H,1-3H3. The van der Waals surface area contributed by atoms with Gasteiger partial charge in [0.1, 0.15) is 11.4 Å². The number of ether oxygens (including phenoxy) is 1. The normalized spacial score (nSPS) is 14.7. The van der Waals surface area contributed by atoms with E-state index in [-0.39, 0.29) is 17.0 Å². The molecule has 1 aliphatic heterocycles. The molecular formula is C20H17F3N2O3. The van der Waals surface area contributed by atoms with Gasteiger partial charge in [0.2, 0.25) is 0 Å². The summed E-state index contributed by atoms with van der Waals surface area (Å²) in [6.07, 6.45) is -4.79. The maximum atomic E-state index is 12.6. The van der Waals surface area contributed by atoms with Crippen molar-refractivity contribution in [1.82, 2.24) is 4.90 Å². The Morgan fingerprint density at radius 1 is 0.964 bits per heavy atom. The van der Waals surface area contributed by atoms with Gasteiger partial charge in [-0.15, -0.1) is 13.2 Å². The van der Waals surface area contributed by atoms with E-state index in [1.165, 1.54) is 19.2 Å². The van der Waals surface area contributed by atoms with Gasteiger partial charge >= 0.3 is 6.36 Å². The van der Waals surface area contributed by atoms with E-state index < -0.39 is 18.2 Å². The highest BCUT2D eigenvalue weighted by atomic mass is 19.4. The monoisotopic (exact) mass is 390 g/mol. The van der Waals surface area contributed by atoms with Gasteiger partial charge < -0.3 is 10.1 Å². The number of carbonyl (C=O) groups is 2. The van der Waals surface area contributed by atoms with E-state index in [0.29, 0.717) is 11.3 Å². The Labute approximate surface area is 159 Å². The number of rotatable bonds is 4. The number of nitrogens with zero attached hydrogens (tertiary/aromatic N) is 1. The molecular weight excluding hydrogens is 373 g/mol. The zero-order chi connectivity index (χ0) is 20.6. The summed E-state index contributed by atoms with van der Waals surface area (Å²) in [5.41, 5.74) is 3.11. The molecule has 0 atom stereocenters. The quantitative estimate of drug-likeness (QED) is 0.801. The summed E-state index contributed by atoms with van der Waals surface area (Å²) in [4.78, 5) is 26.2. The van der Waals surface area contributed by atoms with Crippen LogP contribution in [0.4, 0.5) is 18.9 Å². The minimum atomic E-state index is -4.79. The molecule has 1 aliphatic rings. The highest BCUT2D eigenvalue weighted by Gasteiger charge is 2.37. The van der Waals surface area contributed by atoms with Crippen LogP contribution in [-0.4, -0.2) is 30.1 Å². The van der Waals surface area contributed by atoms with Crippen molar-refractivity contribution in [1.29, 1.82) is 0 Å². The van der Waals surface area contributed by atoms with Crippen LogP contribution in [-0.2, 0) is 9.59 Å². The molecule has 0 spiro atoms. The number of amides is 2. The predicted molar refractivity (Wildman–Crippen MR) is 97.4 cm³/mol. The molecule has 146 valence electrons. The van der Waals surface area contributed by atoms with Crippen LogP contribution in [0.15, 0.2) is 48.2 Å². The Bertz CT molecular complexity index is 979. The molecule has 0 radical (unpaired) electrons. The van der Waals surface area contributed by atoms with Gasteiger partial charge in [-0.1, -0.05) is 23.8 Å². The first-order valence-electron chi connectivity index (χ1n) is 8.34. The number of halogens is 3. The van der Waals surface area contributed by atoms with Crippen molar-refractivity contribution in [3.8, 4) is 5.75 Å². The number of benzene rings is 2. The van der Waals surface area contributed by atoms with Crippen LogP contribution in [0.3, 0.4) is 0 Å². The average Bonchev–Trinajstić information content (AvgIpc) is 2.80. The Kier molecular flexibility index (Phi) is 4.89. The number of likely N-dealkylation sites (N-methyl/N-ethyl adjacent to an activating group) is 1. The number of carbonyl (C=O) groups excluding carboxylic acids is 2. The zero-order valence-electron chi connectivity index (χ0n) is 15.3. The second kappa shape index (κ2) is 7.03. The number of hydrogen-bond donors (Lipinski definition) is 1. The summed E-state index contributed by atoms with van der Waals surface area (Å²) in [6.45, 7) is 3.76. The molecule has 0 aromatic heterocycles. The summed E-state index contributed by atoms with van der Waals surface area (Å²) >= 11 is 0. The fourth-order valence-electron chi connectivity index (χ4n) is 2.99. The molecule has 0 bridgehead atoms. The van der Waals surface area contributed by atoms with Crippen LogP contribution in [0.1, 0.15) is 16.7 Å². The predicted octanol–water partition coefficient (Wildman–Crippen LogP) is 4.02. The Hall–Kier alpha value is -3.29. The van der Waals surface area contributed by atoms with Crippen LogP contribution in [0.25, 0.3) is 5.57 Å². The first-order chi connectivity index (χ1) is 13.1. The summed E-state index contributed by atoms with van der Waals surface area (Å²) in [5, 5.41) is 2.86. The lowest BCUT2D eigenvalue weighted by molar-refractivity contribution is -0.274. The number of anilines is 1. The van der Waals surface area contributed by atoms with Gasteiger partial charge in [-0.05, 0) is 49.2 Å². The molecule has 2 amide bonds. The minimum Gasteiger partial charge on any atom is -0.406 e. The Morgan fingerprint density at radius 3 is 2.18 bits per heavy atom. The van der Waals surface area contributed by atoms with Crippen molar-refractivity contribution in [2.24, 2.45) is 0 Å². The van der Waals surface area contributed by atoms with Gasteiger partial charge in [-0.25, -0.2) is 0 Å². The molecule has 0 fully saturated rings. The summed E-state index contributed by atoms with van der Waals surface area (Å²) in [7, 11) is 1.38. The van der Waals surface area contributed by atoms with E-state index in [1.54, 1.807) is 6.07 Å². The van der Waals surface area contributed by atoms with Gasteiger partial charge in [0.15, 0.2) is 0 Å². The topological polar surface area (TPSA) is 58.6 Å². The molecule has 2 aromatic carbocycles. The van der Waals surface area contributed by atoms with E-state index in [9.17, 15) is 22.8 Å². The zero-order valence-corrected chi connectivity index (χ0v) is 15.3. The number of imide groups is 1. The fourth-order valence-corrected chi connectivity index (χ4v) is 2.99. The minimum absolute atomic E-state index is 0.0731. The van der Waals surface area contributed by atoms with Crippen molar-refractivity contribution < 1.29 is 27.5 Å². The number of aryl methyl sites for hydroxylation is 2. The van der Waals surface area contributed by atoms with Gasteiger partial charge in [0, 0.05) is 12.7 Å². The molecule has 28 heavy (non-hydrogen) atoms. The van der Waals surface area contributed by atoms with Gasteiger partial charge in [0.25, 0.3) is 11.8 Å². The van der Waals surface area contributed by atoms with Crippen LogP contribution in [0, 0.1) is 13.8 Å². The van der Waals surface area contributed by atoms with Crippen molar-refractivity contribution in [3.05, 3.63) is 64.9 Å². The third kappa shape index (κ3) is 3.85. The van der Waals surface area contributed by atoms with E-state index >= 15 is 0 Å². The molecule has 0 saturated heterocycles. The first kappa shape index (κ1) is 19.5. The highest BCUT2D eigenvalue weighted by molar-refractivity contribution is 6.36. The largest absolute Gasteiger partial charge is 0.573 e. The lowest BCUT2D eigenvalue weighted by atomic mass is 9.97. The maximum absolute atomic E-state index is 12.6. The van der Waals surface area contributed by atoms with E-state index in [2.05, 4.69) is 10.1 Å². The summed E-state index contributed by atoms with van der Waals surface area (Å²) < 4.78 is 40.7. The first-order valence-corrected chi connectivity index (χ1v) is 8.34. The van der Waals surface area contributed by atoms with Gasteiger partial charge in [-0.2, -0.15) is 0 Å². The van der Waals surface area contributed by atoms with Crippen LogP contribution in [0.5, 0.6) is 5.75 Å². The molecule has 2 aromatic rings. The number of alkyl halides is 3. The summed E-state index contributed by atoms with van der Waals surface area (Å²) in [6, 6.07) is 10.4. The third-order valence-corrected chi connectivity index (χ3v) is 4.30. The highest BCUT2D eigenvalue weighted by Crippen LogP contribution is 2.32. The number of nitrogens with one attached hydrogen (secondary N) is 1. The Morgan fingerprint density at radius 2 is 1.61 bits per heavy atom. The molecule has 1 N–H and O–H groups in total. The van der Waals surface area contributed by atoms with Gasteiger partial charge in [0.05, 0.1) is 5.57 Å². The van der Waals surface area contributed by atoms with Crippen LogP contribution < -0.4 is 10.1 Å². The molecule has 0 saturated carbocycles.